The molecule has 4 aliphatic rings. The van der Waals surface area contributed by atoms with E-state index >= 15 is 0 Å². The van der Waals surface area contributed by atoms with Crippen LogP contribution in [0.2, 0.25) is 0 Å². The molecule has 0 amide bonds. The van der Waals surface area contributed by atoms with Crippen LogP contribution < -0.4 is 4.84 Å². The number of aromatic nitrogens is 3. The zero-order valence-electron chi connectivity index (χ0n) is 21.1. The molecule has 16 heteroatoms. The summed E-state index contributed by atoms with van der Waals surface area (Å²) in [5.41, 5.74) is 1.83. The molecule has 216 valence electrons. The third kappa shape index (κ3) is 6.20. The Hall–Kier alpha value is -1.30. The second kappa shape index (κ2) is 9.66. The van der Waals surface area contributed by atoms with Crippen LogP contribution in [0.25, 0.3) is 11.0 Å². The fraction of sp³-hybridized carbons (Fsp3) is 0.727. The van der Waals surface area contributed by atoms with E-state index in [1.165, 1.54) is 58.3 Å². The van der Waals surface area contributed by atoms with Crippen molar-refractivity contribution in [3.8, 4) is 0 Å². The maximum absolute atomic E-state index is 10.7. The maximum atomic E-state index is 9.87. The van der Waals surface area contributed by atoms with Gasteiger partial charge in [0.2, 0.25) is 0 Å². The van der Waals surface area contributed by atoms with Crippen LogP contribution in [0.3, 0.4) is 0 Å². The molecule has 0 spiro atoms. The molecule has 4 atom stereocenters. The van der Waals surface area contributed by atoms with Crippen molar-refractivity contribution in [2.24, 2.45) is 0 Å². The zero-order chi connectivity index (χ0) is 27.2. The quantitative estimate of drug-likeness (QED) is 0.355. The van der Waals surface area contributed by atoms with Gasteiger partial charge < -0.3 is 4.84 Å². The van der Waals surface area contributed by atoms with Gasteiger partial charge in [0.05, 0.1) is 6.04 Å². The molecule has 2 aromatic rings. The van der Waals surface area contributed by atoms with Crippen LogP contribution in [0.5, 0.6) is 0 Å². The second-order valence-electron chi connectivity index (χ2n) is 10.5. The summed E-state index contributed by atoms with van der Waals surface area (Å²) in [6.07, 6.45) is 8.74. The minimum absolute atomic E-state index is 0.0150. The smallest absolute Gasteiger partial charge is 0.183 e. The Morgan fingerprint density at radius 3 is 2.16 bits per heavy atom. The summed E-state index contributed by atoms with van der Waals surface area (Å²) in [6, 6.07) is 8.61. The number of para-hydroxylation sites is 1. The Balaban J connectivity index is 0.000000374. The van der Waals surface area contributed by atoms with E-state index < -0.39 is 7.81 Å². The van der Waals surface area contributed by atoms with Gasteiger partial charge in [-0.25, -0.2) is 4.90 Å². The molecule has 0 aliphatic carbocycles. The number of nitrogens with zero attached hydrogens (tertiary/aromatic N) is 7. The molecule has 0 saturated carbocycles. The van der Waals surface area contributed by atoms with Gasteiger partial charge in [0, 0.05) is 42.0 Å². The molecule has 38 heavy (non-hydrogen) atoms. The van der Waals surface area contributed by atoms with Crippen LogP contribution >= 0.6 is 17.2 Å². The fourth-order valence-corrected chi connectivity index (χ4v) is 7.38. The average Bonchev–Trinajstić information content (AvgIpc) is 3.63. The minimum Gasteiger partial charge on any atom is -0.375 e. The zero-order valence-corrected chi connectivity index (χ0v) is 23.4. The summed E-state index contributed by atoms with van der Waals surface area (Å²) < 4.78 is 61.9. The van der Waals surface area contributed by atoms with E-state index in [-0.39, 0.29) is 12.0 Å². The first-order valence-electron chi connectivity index (χ1n) is 13.1. The molecule has 0 bridgehead atoms. The number of benzene rings is 1. The molecule has 4 saturated heterocycles. The number of likely N-dealkylation sites (tertiary alicyclic amines) is 3. The van der Waals surface area contributed by atoms with Crippen molar-refractivity contribution in [2.75, 3.05) is 39.3 Å². The number of halogens is 6. The van der Waals surface area contributed by atoms with E-state index in [0.717, 1.165) is 37.0 Å². The minimum atomic E-state index is -10.7. The Bertz CT molecular complexity index is 1120. The monoisotopic (exact) mass is 589 g/mol. The normalized spacial score (nSPS) is 31.9. The van der Waals surface area contributed by atoms with E-state index in [2.05, 4.69) is 39.1 Å². The van der Waals surface area contributed by atoms with Crippen LogP contribution in [0, 0.1) is 0 Å². The third-order valence-corrected chi connectivity index (χ3v) is 8.68. The van der Waals surface area contributed by atoms with Gasteiger partial charge in [-0.3, -0.25) is 9.80 Å². The first-order chi connectivity index (χ1) is 17.7. The van der Waals surface area contributed by atoms with E-state index in [1.807, 2.05) is 24.3 Å². The standard InChI is InChI=1S/C22H34N7OP.F6P/c31-28-17-11-20(25-12-3-4-13-25)22(28,26-14-5-6-15-26)27-16-7-10-21(27)30-29-19-9-2-1-8-18(19)23-24-29;1-7(2,3,4,5)6/h1-2,8-9,20-21H,3-7,10-17,31H2;/q;-1/p+1. The van der Waals surface area contributed by atoms with Crippen LogP contribution in [-0.2, 0) is 0 Å². The van der Waals surface area contributed by atoms with Gasteiger partial charge in [-0.15, -0.1) is 5.10 Å². The van der Waals surface area contributed by atoms with E-state index in [4.69, 9.17) is 4.84 Å². The molecule has 5 heterocycles. The molecule has 4 aliphatic heterocycles. The largest absolute Gasteiger partial charge is 0.375 e. The van der Waals surface area contributed by atoms with Crippen molar-refractivity contribution in [2.45, 2.75) is 63.0 Å². The van der Waals surface area contributed by atoms with E-state index in [0.29, 0.717) is 6.04 Å². The molecule has 0 radical (unpaired) electrons. The van der Waals surface area contributed by atoms with E-state index in [1.54, 1.807) is 4.85 Å². The van der Waals surface area contributed by atoms with Crippen LogP contribution in [0.1, 0.15) is 44.9 Å². The third-order valence-electron chi connectivity index (χ3n) is 7.90. The van der Waals surface area contributed by atoms with Crippen molar-refractivity contribution >= 4 is 28.2 Å². The van der Waals surface area contributed by atoms with E-state index in [9.17, 15) is 25.2 Å². The number of hydrogen-bond acceptors (Lipinski definition) is 7. The van der Waals surface area contributed by atoms with Crippen LogP contribution in [-0.4, -0.2) is 91.9 Å². The molecular weight excluding hydrogens is 554 g/mol. The summed E-state index contributed by atoms with van der Waals surface area (Å²) in [5, 5.41) is 8.65. The summed E-state index contributed by atoms with van der Waals surface area (Å²) in [4.78, 5) is 16.5. The van der Waals surface area contributed by atoms with Crippen molar-refractivity contribution in [3.63, 3.8) is 0 Å². The molecule has 1 aromatic carbocycles. The van der Waals surface area contributed by atoms with Crippen LogP contribution in [0.4, 0.5) is 25.2 Å². The summed E-state index contributed by atoms with van der Waals surface area (Å²) >= 11 is 0. The number of fused-ring (bicyclic) bond motifs is 1. The molecule has 1 aromatic heterocycles. The Labute approximate surface area is 219 Å². The molecular formula is C22H35F6N7OP2. The Morgan fingerprint density at radius 1 is 0.842 bits per heavy atom. The van der Waals surface area contributed by atoms with Gasteiger partial charge in [0.15, 0.2) is 12.0 Å². The fourth-order valence-electron chi connectivity index (χ4n) is 6.60. The number of rotatable bonds is 5. The van der Waals surface area contributed by atoms with Gasteiger partial charge in [-0.05, 0) is 69.0 Å². The predicted octanol–water partition coefficient (Wildman–Crippen LogP) is 5.11. The Morgan fingerprint density at radius 2 is 1.47 bits per heavy atom. The average molecular weight is 590 g/mol. The first kappa shape index (κ1) is 28.2. The van der Waals surface area contributed by atoms with Crippen LogP contribution in [0.15, 0.2) is 24.3 Å². The first-order valence-corrected chi connectivity index (χ1v) is 15.8. The summed E-state index contributed by atoms with van der Waals surface area (Å²) in [7, 11) is -8.57. The topological polar surface area (TPSA) is 52.9 Å². The predicted molar refractivity (Wildman–Crippen MR) is 138 cm³/mol. The molecule has 4 unspecified atom stereocenters. The van der Waals surface area contributed by atoms with Crippen molar-refractivity contribution in [1.82, 2.24) is 34.5 Å². The summed E-state index contributed by atoms with van der Waals surface area (Å²) in [6.45, 7) is 7.09. The molecule has 4 fully saturated rings. The second-order valence-corrected chi connectivity index (χ2v) is 13.2. The van der Waals surface area contributed by atoms with Gasteiger partial charge in [0.25, 0.3) is 0 Å². The number of hydrogen-bond donors (Lipinski definition) is 0. The molecule has 6 rings (SSSR count). The maximum Gasteiger partial charge on any atom is 0.183 e. The molecule has 8 nitrogen and oxygen atoms in total. The van der Waals surface area contributed by atoms with Gasteiger partial charge >= 0.3 is 33.0 Å². The Kier molecular flexibility index (Phi) is 7.18. The van der Waals surface area contributed by atoms with Crippen molar-refractivity contribution < 1.29 is 30.0 Å². The SMILES string of the molecule is F[P-](F)(F)(F)(F)F.[PH3+]N1CCC(N2CCCC2)C1(N1CCCC1)N1CCCC1On1nnc2ccccc21. The van der Waals surface area contributed by atoms with Gasteiger partial charge in [-0.2, -0.15) is 4.67 Å². The van der Waals surface area contributed by atoms with Crippen molar-refractivity contribution in [1.29, 1.82) is 0 Å². The molecule has 0 N–H and O–H groups in total. The van der Waals surface area contributed by atoms with Gasteiger partial charge in [0.1, 0.15) is 11.0 Å². The summed E-state index contributed by atoms with van der Waals surface area (Å²) in [5.74, 6) is -0.0726. The van der Waals surface area contributed by atoms with Crippen molar-refractivity contribution in [3.05, 3.63) is 24.3 Å². The van der Waals surface area contributed by atoms with Gasteiger partial charge in [-0.1, -0.05) is 17.0 Å².